The molecule has 7 heteroatoms. The minimum atomic E-state index is -3.21. The van der Waals surface area contributed by atoms with Crippen molar-refractivity contribution in [2.75, 3.05) is 11.9 Å². The van der Waals surface area contributed by atoms with Crippen molar-refractivity contribution in [2.45, 2.75) is 43.3 Å². The Kier molecular flexibility index (Phi) is 7.21. The van der Waals surface area contributed by atoms with Crippen molar-refractivity contribution in [3.05, 3.63) is 24.3 Å². The predicted octanol–water partition coefficient (Wildman–Crippen LogP) is 2.41. The summed E-state index contributed by atoms with van der Waals surface area (Å²) in [5.74, 6) is -0.0753. The fourth-order valence-electron chi connectivity index (χ4n) is 1.56. The van der Waals surface area contributed by atoms with Crippen molar-refractivity contribution >= 4 is 34.2 Å². The molecule has 0 aromatic heterocycles. The average Bonchev–Trinajstić information content (AvgIpc) is 2.40. The van der Waals surface area contributed by atoms with E-state index in [-0.39, 0.29) is 5.91 Å². The van der Waals surface area contributed by atoms with Crippen LogP contribution in [-0.4, -0.2) is 26.1 Å². The van der Waals surface area contributed by atoms with Gasteiger partial charge in [0.2, 0.25) is 15.9 Å². The van der Waals surface area contributed by atoms with Crippen molar-refractivity contribution < 1.29 is 13.2 Å². The van der Waals surface area contributed by atoms with E-state index in [1.807, 2.05) is 0 Å². The van der Waals surface area contributed by atoms with Gasteiger partial charge in [-0.25, -0.2) is 13.1 Å². The highest BCUT2D eigenvalue weighted by Gasteiger charge is 2.14. The fraction of sp³-hybridized carbons (Fsp3) is 0.500. The van der Waals surface area contributed by atoms with E-state index in [1.54, 1.807) is 38.1 Å². The van der Waals surface area contributed by atoms with E-state index in [4.69, 9.17) is 0 Å². The fourth-order valence-corrected chi connectivity index (χ4v) is 2.47. The van der Waals surface area contributed by atoms with E-state index < -0.39 is 15.3 Å². The number of nitrogens with one attached hydrogen (secondary N) is 2. The molecule has 2 N–H and O–H groups in total. The van der Waals surface area contributed by atoms with Crippen molar-refractivity contribution in [1.29, 1.82) is 0 Å². The van der Waals surface area contributed by atoms with Crippen LogP contribution < -0.4 is 10.0 Å². The SMILES string of the molecule is CC(C)S(=O)(=O)NCCCCC(=O)Nc1ccc(S)cc1. The van der Waals surface area contributed by atoms with E-state index in [0.29, 0.717) is 25.8 Å². The normalized spacial score (nSPS) is 11.6. The van der Waals surface area contributed by atoms with Crippen molar-refractivity contribution in [3.63, 3.8) is 0 Å². The van der Waals surface area contributed by atoms with Crippen LogP contribution in [0.4, 0.5) is 5.69 Å². The molecule has 1 aromatic carbocycles. The molecule has 0 heterocycles. The van der Waals surface area contributed by atoms with Gasteiger partial charge in [-0.05, 0) is 51.0 Å². The number of rotatable bonds is 8. The van der Waals surface area contributed by atoms with Crippen LogP contribution in [0, 0.1) is 0 Å². The molecule has 0 saturated carbocycles. The first-order chi connectivity index (χ1) is 9.81. The van der Waals surface area contributed by atoms with Crippen LogP contribution in [-0.2, 0) is 14.8 Å². The molecule has 0 aliphatic carbocycles. The summed E-state index contributed by atoms with van der Waals surface area (Å²) in [5.41, 5.74) is 0.735. The minimum absolute atomic E-state index is 0.0753. The smallest absolute Gasteiger partial charge is 0.224 e. The van der Waals surface area contributed by atoms with Crippen LogP contribution in [0.25, 0.3) is 0 Å². The molecule has 5 nitrogen and oxygen atoms in total. The summed E-state index contributed by atoms with van der Waals surface area (Å²) in [6.07, 6.45) is 1.64. The van der Waals surface area contributed by atoms with Crippen molar-refractivity contribution in [2.24, 2.45) is 0 Å². The molecule has 0 saturated heterocycles. The maximum absolute atomic E-state index is 11.7. The van der Waals surface area contributed by atoms with Crippen LogP contribution in [0.5, 0.6) is 0 Å². The molecule has 0 bridgehead atoms. The standard InChI is InChI=1S/C14H22N2O3S2/c1-11(2)21(18,19)15-10-4-3-5-14(17)16-12-6-8-13(20)9-7-12/h6-9,11,15,20H,3-5,10H2,1-2H3,(H,16,17). The van der Waals surface area contributed by atoms with Crippen LogP contribution >= 0.6 is 12.6 Å². The molecule has 0 spiro atoms. The number of benzene rings is 1. The molecule has 1 amide bonds. The second-order valence-corrected chi connectivity index (χ2v) is 7.88. The summed E-state index contributed by atoms with van der Waals surface area (Å²) in [5, 5.41) is 2.35. The molecule has 0 atom stereocenters. The maximum Gasteiger partial charge on any atom is 0.224 e. The molecule has 0 unspecified atom stereocenters. The van der Waals surface area contributed by atoms with Crippen LogP contribution in [0.2, 0.25) is 0 Å². The van der Waals surface area contributed by atoms with E-state index in [1.165, 1.54) is 0 Å². The molecule has 118 valence electrons. The molecule has 0 aliphatic rings. The minimum Gasteiger partial charge on any atom is -0.326 e. The van der Waals surface area contributed by atoms with Gasteiger partial charge in [0.15, 0.2) is 0 Å². The molecule has 1 aromatic rings. The number of carbonyl (C=O) groups excluding carboxylic acids is 1. The third kappa shape index (κ3) is 6.97. The number of unbranched alkanes of at least 4 members (excludes halogenated alkanes) is 1. The molecule has 0 fully saturated rings. The first kappa shape index (κ1) is 18.0. The van der Waals surface area contributed by atoms with E-state index >= 15 is 0 Å². The lowest BCUT2D eigenvalue weighted by Gasteiger charge is -2.09. The van der Waals surface area contributed by atoms with Crippen LogP contribution in [0.15, 0.2) is 29.2 Å². The lowest BCUT2D eigenvalue weighted by Crippen LogP contribution is -2.31. The van der Waals surface area contributed by atoms with Crippen molar-refractivity contribution in [3.8, 4) is 0 Å². The van der Waals surface area contributed by atoms with Crippen LogP contribution in [0.3, 0.4) is 0 Å². The topological polar surface area (TPSA) is 75.3 Å². The van der Waals surface area contributed by atoms with Gasteiger partial charge < -0.3 is 5.32 Å². The number of carbonyl (C=O) groups is 1. The summed E-state index contributed by atoms with van der Waals surface area (Å²) >= 11 is 4.17. The zero-order chi connectivity index (χ0) is 15.9. The molecule has 0 aliphatic heterocycles. The third-order valence-electron chi connectivity index (χ3n) is 2.91. The van der Waals surface area contributed by atoms with Gasteiger partial charge >= 0.3 is 0 Å². The Morgan fingerprint density at radius 2 is 1.81 bits per heavy atom. The Morgan fingerprint density at radius 1 is 1.19 bits per heavy atom. The summed E-state index contributed by atoms with van der Waals surface area (Å²) in [7, 11) is -3.21. The Labute approximate surface area is 132 Å². The number of anilines is 1. The lowest BCUT2D eigenvalue weighted by atomic mass is 10.2. The zero-order valence-corrected chi connectivity index (χ0v) is 14.0. The van der Waals surface area contributed by atoms with Gasteiger partial charge in [0, 0.05) is 23.5 Å². The number of sulfonamides is 1. The second-order valence-electron chi connectivity index (χ2n) is 5.04. The Morgan fingerprint density at radius 3 is 2.38 bits per heavy atom. The van der Waals surface area contributed by atoms with E-state index in [2.05, 4.69) is 22.7 Å². The summed E-state index contributed by atoms with van der Waals surface area (Å²) in [6.45, 7) is 3.62. The molecular formula is C14H22N2O3S2. The Balaban J connectivity index is 2.21. The summed E-state index contributed by atoms with van der Waals surface area (Å²) in [4.78, 5) is 12.5. The first-order valence-electron chi connectivity index (χ1n) is 6.88. The zero-order valence-electron chi connectivity index (χ0n) is 12.3. The summed E-state index contributed by atoms with van der Waals surface area (Å²) < 4.78 is 25.5. The number of hydrogen-bond acceptors (Lipinski definition) is 4. The van der Waals surface area contributed by atoms with E-state index in [0.717, 1.165) is 10.6 Å². The van der Waals surface area contributed by atoms with Gasteiger partial charge in [0.05, 0.1) is 5.25 Å². The third-order valence-corrected chi connectivity index (χ3v) is 5.05. The number of amides is 1. The van der Waals surface area contributed by atoms with Crippen LogP contribution in [0.1, 0.15) is 33.1 Å². The van der Waals surface area contributed by atoms with E-state index in [9.17, 15) is 13.2 Å². The highest BCUT2D eigenvalue weighted by molar-refractivity contribution is 7.90. The second kappa shape index (κ2) is 8.41. The summed E-state index contributed by atoms with van der Waals surface area (Å²) in [6, 6.07) is 7.19. The predicted molar refractivity (Wildman–Crippen MR) is 88.2 cm³/mol. The van der Waals surface area contributed by atoms with Gasteiger partial charge in [-0.2, -0.15) is 0 Å². The Bertz CT molecular complexity index is 554. The maximum atomic E-state index is 11.7. The average molecular weight is 330 g/mol. The Hall–Kier alpha value is -1.05. The number of thiol groups is 1. The van der Waals surface area contributed by atoms with Gasteiger partial charge in [-0.3, -0.25) is 4.79 Å². The van der Waals surface area contributed by atoms with Gasteiger partial charge in [0.25, 0.3) is 0 Å². The largest absolute Gasteiger partial charge is 0.326 e. The molecule has 1 rings (SSSR count). The number of hydrogen-bond donors (Lipinski definition) is 3. The highest BCUT2D eigenvalue weighted by Crippen LogP contribution is 2.12. The van der Waals surface area contributed by atoms with Gasteiger partial charge in [-0.15, -0.1) is 12.6 Å². The van der Waals surface area contributed by atoms with Gasteiger partial charge in [-0.1, -0.05) is 0 Å². The molecule has 21 heavy (non-hydrogen) atoms. The monoisotopic (exact) mass is 330 g/mol. The first-order valence-corrected chi connectivity index (χ1v) is 8.88. The molecule has 0 radical (unpaired) electrons. The van der Waals surface area contributed by atoms with Gasteiger partial charge in [0.1, 0.15) is 0 Å². The van der Waals surface area contributed by atoms with Crippen molar-refractivity contribution in [1.82, 2.24) is 4.72 Å². The highest BCUT2D eigenvalue weighted by atomic mass is 32.2. The molecular weight excluding hydrogens is 308 g/mol. The lowest BCUT2D eigenvalue weighted by molar-refractivity contribution is -0.116. The quantitative estimate of drug-likeness (QED) is 0.506.